The van der Waals surface area contributed by atoms with Crippen LogP contribution in [0.2, 0.25) is 0 Å². The number of carbonyl (C=O) groups excluding carboxylic acids is 2. The molecule has 0 saturated heterocycles. The van der Waals surface area contributed by atoms with E-state index in [2.05, 4.69) is 26.8 Å². The predicted molar refractivity (Wildman–Crippen MR) is 102 cm³/mol. The lowest BCUT2D eigenvalue weighted by atomic mass is 10.2. The highest BCUT2D eigenvalue weighted by molar-refractivity contribution is 9.10. The standard InChI is InChI=1S/C19H21BrN2O4/c1-12-8-9-17(15(20)10-12)25-11-18(23)21-22-19(24)14(3)26-16-7-5-4-6-13(16)2/h4-10,14H,11H2,1-3H3,(H,21,23)(H,22,24). The van der Waals surface area contributed by atoms with Crippen LogP contribution in [0.25, 0.3) is 0 Å². The minimum atomic E-state index is -0.761. The second kappa shape index (κ2) is 9.24. The molecule has 6 nitrogen and oxygen atoms in total. The third-order valence-electron chi connectivity index (χ3n) is 3.54. The number of halogens is 1. The third-order valence-corrected chi connectivity index (χ3v) is 4.16. The maximum Gasteiger partial charge on any atom is 0.279 e. The number of benzene rings is 2. The van der Waals surface area contributed by atoms with Crippen molar-refractivity contribution >= 4 is 27.7 Å². The molecule has 2 N–H and O–H groups in total. The van der Waals surface area contributed by atoms with Crippen LogP contribution in [0.5, 0.6) is 11.5 Å². The molecule has 1 unspecified atom stereocenters. The molecule has 2 aromatic rings. The van der Waals surface area contributed by atoms with Crippen LogP contribution in [0.15, 0.2) is 46.9 Å². The van der Waals surface area contributed by atoms with Gasteiger partial charge in [0.15, 0.2) is 12.7 Å². The second-order valence-corrected chi connectivity index (χ2v) is 6.64. The highest BCUT2D eigenvalue weighted by Gasteiger charge is 2.16. The highest BCUT2D eigenvalue weighted by Crippen LogP contribution is 2.25. The Morgan fingerprint density at radius 2 is 1.81 bits per heavy atom. The average molecular weight is 421 g/mol. The van der Waals surface area contributed by atoms with Crippen LogP contribution >= 0.6 is 15.9 Å². The molecule has 0 bridgehead atoms. The summed E-state index contributed by atoms with van der Waals surface area (Å²) in [6, 6.07) is 12.9. The largest absolute Gasteiger partial charge is 0.483 e. The van der Waals surface area contributed by atoms with E-state index >= 15 is 0 Å². The number of amides is 2. The average Bonchev–Trinajstić information content (AvgIpc) is 2.60. The topological polar surface area (TPSA) is 76.7 Å². The van der Waals surface area contributed by atoms with Crippen LogP contribution in [0, 0.1) is 13.8 Å². The van der Waals surface area contributed by atoms with Crippen LogP contribution in [-0.4, -0.2) is 24.5 Å². The van der Waals surface area contributed by atoms with E-state index in [1.165, 1.54) is 0 Å². The summed E-state index contributed by atoms with van der Waals surface area (Å²) in [4.78, 5) is 23.9. The molecule has 0 aliphatic heterocycles. The summed E-state index contributed by atoms with van der Waals surface area (Å²) in [5.74, 6) is 0.231. The first-order chi connectivity index (χ1) is 12.4. The highest BCUT2D eigenvalue weighted by atomic mass is 79.9. The van der Waals surface area contributed by atoms with Gasteiger partial charge in [-0.25, -0.2) is 0 Å². The molecular formula is C19H21BrN2O4. The summed E-state index contributed by atoms with van der Waals surface area (Å²) in [5.41, 5.74) is 6.63. The Morgan fingerprint density at radius 1 is 1.08 bits per heavy atom. The Labute approximate surface area is 161 Å². The Balaban J connectivity index is 1.77. The van der Waals surface area contributed by atoms with Crippen molar-refractivity contribution in [2.24, 2.45) is 0 Å². The van der Waals surface area contributed by atoms with E-state index in [0.717, 1.165) is 15.6 Å². The molecule has 7 heteroatoms. The smallest absolute Gasteiger partial charge is 0.279 e. The van der Waals surface area contributed by atoms with Gasteiger partial charge in [-0.2, -0.15) is 0 Å². The summed E-state index contributed by atoms with van der Waals surface area (Å²) >= 11 is 3.37. The Morgan fingerprint density at radius 3 is 2.50 bits per heavy atom. The molecule has 138 valence electrons. The summed E-state index contributed by atoms with van der Waals surface area (Å²) in [6.45, 7) is 5.22. The Hall–Kier alpha value is -2.54. The summed E-state index contributed by atoms with van der Waals surface area (Å²) in [7, 11) is 0. The Bertz CT molecular complexity index is 795. The van der Waals surface area contributed by atoms with Gasteiger partial charge in [0.2, 0.25) is 0 Å². The van der Waals surface area contributed by atoms with Crippen LogP contribution in [-0.2, 0) is 9.59 Å². The number of carbonyl (C=O) groups is 2. The second-order valence-electron chi connectivity index (χ2n) is 5.79. The van der Waals surface area contributed by atoms with Crippen molar-refractivity contribution in [3.8, 4) is 11.5 Å². The molecule has 0 aromatic heterocycles. The zero-order chi connectivity index (χ0) is 19.1. The van der Waals surface area contributed by atoms with Gasteiger partial charge in [-0.05, 0) is 66.0 Å². The molecule has 2 aromatic carbocycles. The van der Waals surface area contributed by atoms with Gasteiger partial charge >= 0.3 is 0 Å². The molecule has 0 saturated carbocycles. The minimum absolute atomic E-state index is 0.227. The lowest BCUT2D eigenvalue weighted by Gasteiger charge is -2.16. The van der Waals surface area contributed by atoms with Crippen molar-refractivity contribution < 1.29 is 19.1 Å². The SMILES string of the molecule is Cc1ccc(OCC(=O)NNC(=O)C(C)Oc2ccccc2C)c(Br)c1. The number of rotatable bonds is 6. The molecule has 26 heavy (non-hydrogen) atoms. The van der Waals surface area contributed by atoms with Gasteiger partial charge < -0.3 is 9.47 Å². The zero-order valence-electron chi connectivity index (χ0n) is 14.8. The van der Waals surface area contributed by atoms with E-state index in [1.807, 2.05) is 44.2 Å². The van der Waals surface area contributed by atoms with E-state index in [4.69, 9.17) is 9.47 Å². The molecular weight excluding hydrogens is 400 g/mol. The quantitative estimate of drug-likeness (QED) is 0.703. The number of hydrogen-bond acceptors (Lipinski definition) is 4. The zero-order valence-corrected chi connectivity index (χ0v) is 16.4. The third kappa shape index (κ3) is 5.77. The molecule has 1 atom stereocenters. The predicted octanol–water partition coefficient (Wildman–Crippen LogP) is 3.06. The van der Waals surface area contributed by atoms with Crippen molar-refractivity contribution in [3.63, 3.8) is 0 Å². The molecule has 2 rings (SSSR count). The van der Waals surface area contributed by atoms with E-state index in [-0.39, 0.29) is 6.61 Å². The number of hydrogen-bond donors (Lipinski definition) is 2. The Kier molecular flexibility index (Phi) is 7.03. The van der Waals surface area contributed by atoms with Gasteiger partial charge in [0, 0.05) is 0 Å². The van der Waals surface area contributed by atoms with Crippen LogP contribution in [0.4, 0.5) is 0 Å². The summed E-state index contributed by atoms with van der Waals surface area (Å²) < 4.78 is 11.8. The van der Waals surface area contributed by atoms with E-state index in [1.54, 1.807) is 19.1 Å². The first-order valence-corrected chi connectivity index (χ1v) is 8.86. The van der Waals surface area contributed by atoms with E-state index in [9.17, 15) is 9.59 Å². The fourth-order valence-electron chi connectivity index (χ4n) is 2.07. The van der Waals surface area contributed by atoms with Gasteiger partial charge in [-0.3, -0.25) is 20.4 Å². The van der Waals surface area contributed by atoms with Crippen molar-refractivity contribution in [2.45, 2.75) is 26.9 Å². The summed E-state index contributed by atoms with van der Waals surface area (Å²) in [5, 5.41) is 0. The van der Waals surface area contributed by atoms with Gasteiger partial charge in [0.1, 0.15) is 11.5 Å². The number of para-hydroxylation sites is 1. The number of aryl methyl sites for hydroxylation is 2. The van der Waals surface area contributed by atoms with E-state index in [0.29, 0.717) is 11.5 Å². The van der Waals surface area contributed by atoms with Crippen LogP contribution < -0.4 is 20.3 Å². The lowest BCUT2D eigenvalue weighted by molar-refractivity contribution is -0.133. The molecule has 0 spiro atoms. The fourth-order valence-corrected chi connectivity index (χ4v) is 2.68. The molecule has 0 fully saturated rings. The van der Waals surface area contributed by atoms with Gasteiger partial charge in [0.05, 0.1) is 4.47 Å². The molecule has 0 radical (unpaired) electrons. The van der Waals surface area contributed by atoms with Crippen molar-refractivity contribution in [3.05, 3.63) is 58.1 Å². The summed E-state index contributed by atoms with van der Waals surface area (Å²) in [6.07, 6.45) is -0.761. The molecule has 0 aliphatic carbocycles. The number of ether oxygens (including phenoxy) is 2. The van der Waals surface area contributed by atoms with Gasteiger partial charge in [-0.15, -0.1) is 0 Å². The molecule has 2 amide bonds. The van der Waals surface area contributed by atoms with Crippen molar-refractivity contribution in [1.82, 2.24) is 10.9 Å². The van der Waals surface area contributed by atoms with Crippen LogP contribution in [0.3, 0.4) is 0 Å². The normalized spacial score (nSPS) is 11.4. The van der Waals surface area contributed by atoms with Crippen molar-refractivity contribution in [2.75, 3.05) is 6.61 Å². The minimum Gasteiger partial charge on any atom is -0.483 e. The maximum absolute atomic E-state index is 12.0. The maximum atomic E-state index is 12.0. The molecule has 0 aliphatic rings. The molecule has 0 heterocycles. The van der Waals surface area contributed by atoms with Crippen LogP contribution in [0.1, 0.15) is 18.1 Å². The van der Waals surface area contributed by atoms with Gasteiger partial charge in [-0.1, -0.05) is 24.3 Å². The van der Waals surface area contributed by atoms with E-state index < -0.39 is 17.9 Å². The lowest BCUT2D eigenvalue weighted by Crippen LogP contribution is -2.48. The number of hydrazine groups is 1. The van der Waals surface area contributed by atoms with Crippen molar-refractivity contribution in [1.29, 1.82) is 0 Å². The monoisotopic (exact) mass is 420 g/mol. The number of nitrogens with one attached hydrogen (secondary N) is 2. The fraction of sp³-hybridized carbons (Fsp3) is 0.263. The first-order valence-electron chi connectivity index (χ1n) is 8.06. The van der Waals surface area contributed by atoms with Gasteiger partial charge in [0.25, 0.3) is 11.8 Å². The first kappa shape index (κ1) is 19.8.